The van der Waals surface area contributed by atoms with Gasteiger partial charge < -0.3 is 20.7 Å². The molecule has 3 N–H and O–H groups in total. The predicted octanol–water partition coefficient (Wildman–Crippen LogP) is 5.34. The van der Waals surface area contributed by atoms with Crippen LogP contribution < -0.4 is 20.7 Å². The van der Waals surface area contributed by atoms with E-state index in [9.17, 15) is 14.0 Å². The van der Waals surface area contributed by atoms with E-state index in [0.29, 0.717) is 5.01 Å². The summed E-state index contributed by atoms with van der Waals surface area (Å²) in [6.45, 7) is 4.10. The van der Waals surface area contributed by atoms with Gasteiger partial charge in [0.15, 0.2) is 11.6 Å². The Morgan fingerprint density at radius 3 is 2.54 bits per heavy atom. The van der Waals surface area contributed by atoms with Crippen LogP contribution in [0.2, 0.25) is 0 Å². The lowest BCUT2D eigenvalue weighted by Crippen LogP contribution is -2.54. The number of amides is 3. The van der Waals surface area contributed by atoms with Crippen molar-refractivity contribution in [3.05, 3.63) is 75.5 Å². The lowest BCUT2D eigenvalue weighted by atomic mass is 9.90. The van der Waals surface area contributed by atoms with Gasteiger partial charge in [0, 0.05) is 17.1 Å². The molecule has 4 rings (SSSR count). The van der Waals surface area contributed by atoms with Crippen molar-refractivity contribution in [2.75, 3.05) is 5.32 Å². The highest BCUT2D eigenvalue weighted by atomic mass is 32.1. The number of benzene rings is 2. The highest BCUT2D eigenvalue weighted by Crippen LogP contribution is 2.21. The Bertz CT molecular complexity index is 1200. The topological polar surface area (TPSA) is 92.4 Å². The summed E-state index contributed by atoms with van der Waals surface area (Å²) in [6.07, 6.45) is 3.51. The van der Waals surface area contributed by atoms with E-state index in [4.69, 9.17) is 4.74 Å². The zero-order valence-corrected chi connectivity index (χ0v) is 20.6. The highest BCUT2D eigenvalue weighted by molar-refractivity contribution is 7.09. The second-order valence-electron chi connectivity index (χ2n) is 8.71. The lowest BCUT2D eigenvalue weighted by Gasteiger charge is -2.32. The second-order valence-corrected chi connectivity index (χ2v) is 9.66. The van der Waals surface area contributed by atoms with Crippen LogP contribution in [0.25, 0.3) is 0 Å². The van der Waals surface area contributed by atoms with Crippen LogP contribution in [-0.2, 0) is 6.61 Å². The Labute approximate surface area is 208 Å². The lowest BCUT2D eigenvalue weighted by molar-refractivity contribution is 0.0911. The van der Waals surface area contributed by atoms with Gasteiger partial charge in [0.2, 0.25) is 0 Å². The normalized spacial score (nSPS) is 17.5. The van der Waals surface area contributed by atoms with E-state index < -0.39 is 5.82 Å². The molecule has 184 valence electrons. The SMILES string of the molecule is Cc1ccc(NC(=O)N[C@H]2CCCC[C@H]2NC(=O)c2csc(COc3ccccc3F)n2)cc1C. The van der Waals surface area contributed by atoms with Crippen LogP contribution in [0, 0.1) is 19.7 Å². The largest absolute Gasteiger partial charge is 0.483 e. The van der Waals surface area contributed by atoms with Gasteiger partial charge in [-0.3, -0.25) is 4.79 Å². The van der Waals surface area contributed by atoms with E-state index in [1.165, 1.54) is 17.4 Å². The van der Waals surface area contributed by atoms with Crippen molar-refractivity contribution >= 4 is 29.0 Å². The summed E-state index contributed by atoms with van der Waals surface area (Å²) in [5.74, 6) is -0.602. The molecule has 7 nitrogen and oxygen atoms in total. The number of hydrogen-bond acceptors (Lipinski definition) is 5. The summed E-state index contributed by atoms with van der Waals surface area (Å²) in [6, 6.07) is 11.3. The minimum Gasteiger partial charge on any atom is -0.483 e. The van der Waals surface area contributed by atoms with Gasteiger partial charge >= 0.3 is 6.03 Å². The predicted molar refractivity (Wildman–Crippen MR) is 134 cm³/mol. The number of carbonyl (C=O) groups is 2. The quantitative estimate of drug-likeness (QED) is 0.412. The molecule has 0 saturated heterocycles. The number of halogens is 1. The number of carbonyl (C=O) groups excluding carboxylic acids is 2. The average Bonchev–Trinajstić information content (AvgIpc) is 3.31. The Kier molecular flexibility index (Phi) is 7.97. The van der Waals surface area contributed by atoms with Crippen molar-refractivity contribution in [1.82, 2.24) is 15.6 Å². The molecule has 0 radical (unpaired) electrons. The number of urea groups is 1. The van der Waals surface area contributed by atoms with Gasteiger partial charge in [-0.2, -0.15) is 0 Å². The maximum atomic E-state index is 13.7. The van der Waals surface area contributed by atoms with Crippen LogP contribution in [0.4, 0.5) is 14.9 Å². The molecule has 3 amide bonds. The molecule has 35 heavy (non-hydrogen) atoms. The number of nitrogens with zero attached hydrogens (tertiary/aromatic N) is 1. The summed E-state index contributed by atoms with van der Waals surface area (Å²) in [5.41, 5.74) is 3.28. The first-order valence-electron chi connectivity index (χ1n) is 11.7. The number of rotatable bonds is 7. The van der Waals surface area contributed by atoms with Crippen LogP contribution in [-0.4, -0.2) is 29.0 Å². The Balaban J connectivity index is 1.32. The van der Waals surface area contributed by atoms with Crippen LogP contribution >= 0.6 is 11.3 Å². The van der Waals surface area contributed by atoms with Crippen molar-refractivity contribution in [3.8, 4) is 5.75 Å². The molecule has 2 aromatic carbocycles. The number of anilines is 1. The van der Waals surface area contributed by atoms with Crippen molar-refractivity contribution in [2.24, 2.45) is 0 Å². The summed E-state index contributed by atoms with van der Waals surface area (Å²) >= 11 is 1.28. The van der Waals surface area contributed by atoms with Crippen molar-refractivity contribution in [3.63, 3.8) is 0 Å². The Morgan fingerprint density at radius 2 is 1.80 bits per heavy atom. The zero-order chi connectivity index (χ0) is 24.8. The minimum atomic E-state index is -0.445. The zero-order valence-electron chi connectivity index (χ0n) is 19.8. The molecule has 1 aromatic heterocycles. The van der Waals surface area contributed by atoms with E-state index >= 15 is 0 Å². The van der Waals surface area contributed by atoms with Crippen LogP contribution in [0.15, 0.2) is 47.8 Å². The molecule has 3 aromatic rings. The minimum absolute atomic E-state index is 0.0745. The number of nitrogens with one attached hydrogen (secondary N) is 3. The fourth-order valence-electron chi connectivity index (χ4n) is 4.06. The fourth-order valence-corrected chi connectivity index (χ4v) is 4.74. The van der Waals surface area contributed by atoms with Gasteiger partial charge in [-0.1, -0.05) is 31.0 Å². The molecule has 0 unspecified atom stereocenters. The number of hydrogen-bond donors (Lipinski definition) is 3. The average molecular weight is 497 g/mol. The van der Waals surface area contributed by atoms with Gasteiger partial charge in [0.1, 0.15) is 17.3 Å². The molecule has 2 atom stereocenters. The number of para-hydroxylation sites is 1. The molecule has 9 heteroatoms. The van der Waals surface area contributed by atoms with E-state index in [0.717, 1.165) is 42.5 Å². The summed E-state index contributed by atoms with van der Waals surface area (Å²) in [4.78, 5) is 29.8. The molecule has 1 heterocycles. The number of thiazole rings is 1. The molecule has 1 aliphatic rings. The van der Waals surface area contributed by atoms with Crippen molar-refractivity contribution in [2.45, 2.75) is 58.2 Å². The molecule has 0 bridgehead atoms. The number of aromatic nitrogens is 1. The van der Waals surface area contributed by atoms with Crippen LogP contribution in [0.3, 0.4) is 0 Å². The molecule has 1 aliphatic carbocycles. The molecule has 0 spiro atoms. The summed E-state index contributed by atoms with van der Waals surface area (Å²) in [5, 5.41) is 11.2. The van der Waals surface area contributed by atoms with Gasteiger partial charge in [-0.05, 0) is 62.1 Å². The first-order valence-corrected chi connectivity index (χ1v) is 12.5. The van der Waals surface area contributed by atoms with E-state index in [-0.39, 0.29) is 42.1 Å². The number of aryl methyl sites for hydroxylation is 2. The first-order chi connectivity index (χ1) is 16.9. The Hall–Kier alpha value is -3.46. The van der Waals surface area contributed by atoms with Gasteiger partial charge in [-0.15, -0.1) is 11.3 Å². The Morgan fingerprint density at radius 1 is 1.06 bits per heavy atom. The molecular weight excluding hydrogens is 467 g/mol. The highest BCUT2D eigenvalue weighted by Gasteiger charge is 2.28. The van der Waals surface area contributed by atoms with E-state index in [1.54, 1.807) is 23.6 Å². The molecule has 1 fully saturated rings. The van der Waals surface area contributed by atoms with Crippen LogP contribution in [0.1, 0.15) is 52.3 Å². The third kappa shape index (κ3) is 6.57. The molecule has 1 saturated carbocycles. The maximum Gasteiger partial charge on any atom is 0.319 e. The van der Waals surface area contributed by atoms with Crippen molar-refractivity contribution < 1.29 is 18.7 Å². The fraction of sp³-hybridized carbons (Fsp3) is 0.346. The second kappa shape index (κ2) is 11.3. The smallest absolute Gasteiger partial charge is 0.319 e. The van der Waals surface area contributed by atoms with E-state index in [2.05, 4.69) is 20.9 Å². The summed E-state index contributed by atoms with van der Waals surface area (Å²) in [7, 11) is 0. The van der Waals surface area contributed by atoms with Crippen molar-refractivity contribution in [1.29, 1.82) is 0 Å². The monoisotopic (exact) mass is 496 g/mol. The van der Waals surface area contributed by atoms with Gasteiger partial charge in [0.25, 0.3) is 5.91 Å². The van der Waals surface area contributed by atoms with Crippen LogP contribution in [0.5, 0.6) is 5.75 Å². The first kappa shape index (κ1) is 24.7. The number of ether oxygens (including phenoxy) is 1. The molecular formula is C26H29FN4O3S. The maximum absolute atomic E-state index is 13.7. The van der Waals surface area contributed by atoms with Gasteiger partial charge in [0.05, 0.1) is 6.04 Å². The summed E-state index contributed by atoms with van der Waals surface area (Å²) < 4.78 is 19.2. The van der Waals surface area contributed by atoms with Gasteiger partial charge in [-0.25, -0.2) is 14.2 Å². The molecule has 0 aliphatic heterocycles. The third-order valence-corrected chi connectivity index (χ3v) is 6.96. The van der Waals surface area contributed by atoms with E-state index in [1.807, 2.05) is 32.0 Å². The third-order valence-electron chi connectivity index (χ3n) is 6.14. The standard InChI is InChI=1S/C26H29FN4O3S/c1-16-11-12-18(13-17(16)2)28-26(33)31-21-9-5-4-8-20(21)30-25(32)22-15-35-24(29-22)14-34-23-10-6-3-7-19(23)27/h3,6-7,10-13,15,20-21H,4-5,8-9,14H2,1-2H3,(H,30,32)(H2,28,31,33)/t20-,21+/m1/s1.